The van der Waals surface area contributed by atoms with Crippen LogP contribution in [-0.2, 0) is 4.79 Å². The van der Waals surface area contributed by atoms with Crippen molar-refractivity contribution in [2.75, 3.05) is 5.32 Å². The number of nitrogens with one attached hydrogen (secondary N) is 1. The zero-order valence-electron chi connectivity index (χ0n) is 10.2. The zero-order chi connectivity index (χ0) is 14.3. The van der Waals surface area contributed by atoms with E-state index in [-0.39, 0.29) is 5.91 Å². The molecular weight excluding hydrogens is 344 g/mol. The van der Waals surface area contributed by atoms with Crippen LogP contribution in [0.15, 0.2) is 40.9 Å². The van der Waals surface area contributed by atoms with Gasteiger partial charge in [-0.3, -0.25) is 4.79 Å². The first-order chi connectivity index (χ1) is 9.54. The first-order valence-electron chi connectivity index (χ1n) is 5.88. The van der Waals surface area contributed by atoms with E-state index in [4.69, 9.17) is 22.1 Å². The summed E-state index contributed by atoms with van der Waals surface area (Å²) in [5.41, 5.74) is 7.21. The van der Waals surface area contributed by atoms with E-state index in [2.05, 4.69) is 21.2 Å². The summed E-state index contributed by atoms with van der Waals surface area (Å²) in [6.07, 6.45) is 0. The van der Waals surface area contributed by atoms with Crippen LogP contribution in [0.3, 0.4) is 0 Å². The van der Waals surface area contributed by atoms with Crippen LogP contribution < -0.4 is 15.8 Å². The Morgan fingerprint density at radius 3 is 2.85 bits per heavy atom. The van der Waals surface area contributed by atoms with E-state index in [1.165, 1.54) is 0 Å². The summed E-state index contributed by atoms with van der Waals surface area (Å²) < 4.78 is 6.49. The van der Waals surface area contributed by atoms with Crippen molar-refractivity contribution in [3.8, 4) is 11.5 Å². The second-order valence-electron chi connectivity index (χ2n) is 4.40. The van der Waals surface area contributed by atoms with Gasteiger partial charge in [-0.2, -0.15) is 0 Å². The molecular formula is C14H10BrClN2O2. The number of hydrogen-bond acceptors (Lipinski definition) is 3. The minimum absolute atomic E-state index is 0.216. The number of benzene rings is 2. The van der Waals surface area contributed by atoms with Crippen molar-refractivity contribution in [2.45, 2.75) is 6.04 Å². The molecule has 4 nitrogen and oxygen atoms in total. The van der Waals surface area contributed by atoms with Gasteiger partial charge in [-0.05, 0) is 40.2 Å². The molecule has 0 aromatic heterocycles. The number of rotatable bonds is 2. The lowest BCUT2D eigenvalue weighted by atomic mass is 10.1. The molecule has 2 aromatic carbocycles. The minimum atomic E-state index is -0.637. The highest BCUT2D eigenvalue weighted by molar-refractivity contribution is 9.10. The lowest BCUT2D eigenvalue weighted by Crippen LogP contribution is -2.19. The first kappa shape index (κ1) is 13.4. The molecule has 1 heterocycles. The molecule has 1 amide bonds. The lowest BCUT2D eigenvalue weighted by molar-refractivity contribution is -0.116. The minimum Gasteiger partial charge on any atom is -0.456 e. The van der Waals surface area contributed by atoms with Crippen LogP contribution >= 0.6 is 27.5 Å². The van der Waals surface area contributed by atoms with Gasteiger partial charge in [0.1, 0.15) is 17.5 Å². The molecule has 20 heavy (non-hydrogen) atoms. The lowest BCUT2D eigenvalue weighted by Gasteiger charge is -2.10. The van der Waals surface area contributed by atoms with E-state index in [0.717, 1.165) is 10.0 Å². The molecule has 6 heteroatoms. The second kappa shape index (κ2) is 5.09. The van der Waals surface area contributed by atoms with E-state index < -0.39 is 6.04 Å². The van der Waals surface area contributed by atoms with Crippen LogP contribution in [-0.4, -0.2) is 5.91 Å². The largest absolute Gasteiger partial charge is 0.456 e. The first-order valence-corrected chi connectivity index (χ1v) is 7.05. The van der Waals surface area contributed by atoms with Gasteiger partial charge in [0.05, 0.1) is 4.47 Å². The summed E-state index contributed by atoms with van der Waals surface area (Å²) in [4.78, 5) is 11.5. The molecule has 0 bridgehead atoms. The van der Waals surface area contributed by atoms with Crippen molar-refractivity contribution < 1.29 is 9.53 Å². The fourth-order valence-electron chi connectivity index (χ4n) is 2.02. The Morgan fingerprint density at radius 2 is 2.10 bits per heavy atom. The zero-order valence-corrected chi connectivity index (χ0v) is 12.5. The van der Waals surface area contributed by atoms with E-state index in [9.17, 15) is 4.79 Å². The monoisotopic (exact) mass is 352 g/mol. The van der Waals surface area contributed by atoms with Gasteiger partial charge < -0.3 is 15.8 Å². The average molecular weight is 354 g/mol. The van der Waals surface area contributed by atoms with E-state index in [1.807, 2.05) is 0 Å². The van der Waals surface area contributed by atoms with Gasteiger partial charge in [-0.15, -0.1) is 0 Å². The number of carbonyl (C=O) groups excluding carboxylic acids is 1. The predicted octanol–water partition coefficient (Wildman–Crippen LogP) is 3.85. The summed E-state index contributed by atoms with van der Waals surface area (Å²) in [7, 11) is 0. The van der Waals surface area contributed by atoms with Gasteiger partial charge in [0, 0.05) is 22.3 Å². The van der Waals surface area contributed by atoms with Gasteiger partial charge in [0.15, 0.2) is 0 Å². The number of fused-ring (bicyclic) bond motifs is 1. The van der Waals surface area contributed by atoms with Crippen molar-refractivity contribution >= 4 is 39.1 Å². The van der Waals surface area contributed by atoms with Gasteiger partial charge in [-0.1, -0.05) is 17.7 Å². The average Bonchev–Trinajstić information content (AvgIpc) is 2.66. The van der Waals surface area contributed by atoms with Crippen molar-refractivity contribution in [2.24, 2.45) is 5.73 Å². The van der Waals surface area contributed by atoms with Gasteiger partial charge in [-0.25, -0.2) is 0 Å². The number of nitrogens with two attached hydrogens (primary N) is 1. The number of ether oxygens (including phenoxy) is 1. The smallest absolute Gasteiger partial charge is 0.245 e. The molecule has 3 N–H and O–H groups in total. The molecule has 0 fully saturated rings. The summed E-state index contributed by atoms with van der Waals surface area (Å²) in [6.45, 7) is 0. The van der Waals surface area contributed by atoms with Gasteiger partial charge in [0.2, 0.25) is 5.91 Å². The fraction of sp³-hybridized carbons (Fsp3) is 0.0714. The quantitative estimate of drug-likeness (QED) is 0.862. The number of amides is 1. The Balaban J connectivity index is 1.96. The topological polar surface area (TPSA) is 64.4 Å². The number of halogens is 2. The summed E-state index contributed by atoms with van der Waals surface area (Å²) in [6, 6.07) is 9.98. The SMILES string of the molecule is NC1C(=O)Nc2cc(Oc3cccc(Cl)c3)c(Br)cc21. The van der Waals surface area contributed by atoms with Crippen molar-refractivity contribution in [1.82, 2.24) is 0 Å². The van der Waals surface area contributed by atoms with E-state index >= 15 is 0 Å². The maximum atomic E-state index is 11.5. The Bertz CT molecular complexity index is 706. The van der Waals surface area contributed by atoms with Crippen molar-refractivity contribution in [3.63, 3.8) is 0 Å². The molecule has 0 aliphatic carbocycles. The van der Waals surface area contributed by atoms with Crippen LogP contribution in [0, 0.1) is 0 Å². The molecule has 0 spiro atoms. The molecule has 0 saturated carbocycles. The summed E-state index contributed by atoms with van der Waals surface area (Å²) in [5.74, 6) is 0.985. The molecule has 2 aromatic rings. The number of carbonyl (C=O) groups is 1. The Kier molecular flexibility index (Phi) is 3.41. The molecule has 0 saturated heterocycles. The highest BCUT2D eigenvalue weighted by Gasteiger charge is 2.28. The van der Waals surface area contributed by atoms with Crippen LogP contribution in [0.2, 0.25) is 5.02 Å². The predicted molar refractivity (Wildman–Crippen MR) is 81.2 cm³/mol. The normalized spacial score (nSPS) is 16.8. The Morgan fingerprint density at radius 1 is 1.30 bits per heavy atom. The highest BCUT2D eigenvalue weighted by atomic mass is 79.9. The van der Waals surface area contributed by atoms with Crippen LogP contribution in [0.1, 0.15) is 11.6 Å². The van der Waals surface area contributed by atoms with Gasteiger partial charge in [0.25, 0.3) is 0 Å². The molecule has 0 radical (unpaired) electrons. The molecule has 1 unspecified atom stereocenters. The van der Waals surface area contributed by atoms with E-state index in [0.29, 0.717) is 22.2 Å². The molecule has 3 rings (SSSR count). The standard InChI is InChI=1S/C14H10BrClN2O2/c15-10-5-9-11(18-14(19)13(9)17)6-12(10)20-8-3-1-2-7(16)4-8/h1-6,13H,17H2,(H,18,19). The van der Waals surface area contributed by atoms with Crippen LogP contribution in [0.5, 0.6) is 11.5 Å². The third kappa shape index (κ3) is 2.40. The van der Waals surface area contributed by atoms with E-state index in [1.54, 1.807) is 36.4 Å². The van der Waals surface area contributed by atoms with Crippen molar-refractivity contribution in [3.05, 3.63) is 51.5 Å². The fourth-order valence-corrected chi connectivity index (χ4v) is 2.64. The van der Waals surface area contributed by atoms with Crippen molar-refractivity contribution in [1.29, 1.82) is 0 Å². The molecule has 1 aliphatic rings. The van der Waals surface area contributed by atoms with Crippen LogP contribution in [0.4, 0.5) is 5.69 Å². The maximum Gasteiger partial charge on any atom is 0.245 e. The third-order valence-electron chi connectivity index (χ3n) is 3.00. The summed E-state index contributed by atoms with van der Waals surface area (Å²) >= 11 is 9.34. The highest BCUT2D eigenvalue weighted by Crippen LogP contribution is 2.39. The maximum absolute atomic E-state index is 11.5. The second-order valence-corrected chi connectivity index (χ2v) is 5.69. The third-order valence-corrected chi connectivity index (χ3v) is 3.86. The molecule has 1 atom stereocenters. The molecule has 1 aliphatic heterocycles. The Hall–Kier alpha value is -1.56. The summed E-state index contributed by atoms with van der Waals surface area (Å²) in [5, 5.41) is 3.31. The number of hydrogen-bond donors (Lipinski definition) is 2. The Labute approximate surface area is 129 Å². The van der Waals surface area contributed by atoms with Gasteiger partial charge >= 0.3 is 0 Å². The van der Waals surface area contributed by atoms with Crippen LogP contribution in [0.25, 0.3) is 0 Å². The number of anilines is 1. The molecule has 102 valence electrons.